The van der Waals surface area contributed by atoms with Gasteiger partial charge in [-0.15, -0.1) is 0 Å². The van der Waals surface area contributed by atoms with E-state index in [-0.39, 0.29) is 5.82 Å². The predicted molar refractivity (Wildman–Crippen MR) is 62.2 cm³/mol. The van der Waals surface area contributed by atoms with Gasteiger partial charge in [0.2, 0.25) is 0 Å². The fraction of sp³-hybridized carbons (Fsp3) is 0. The van der Waals surface area contributed by atoms with Crippen LogP contribution in [-0.4, -0.2) is 6.29 Å². The molecule has 0 fully saturated rings. The molecule has 0 heterocycles. The minimum atomic E-state index is -0.288. The molecule has 2 aromatic rings. The lowest BCUT2D eigenvalue weighted by molar-refractivity contribution is 0.112. The molecule has 16 heavy (non-hydrogen) atoms. The maximum atomic E-state index is 12.7. The largest absolute Gasteiger partial charge is 0.298 e. The van der Waals surface area contributed by atoms with Gasteiger partial charge in [-0.05, 0) is 23.8 Å². The minimum absolute atomic E-state index is 0.288. The SMILES string of the molecule is O=Cc1ccc(-c2ccc(F)cc2)c(Cl)c1. The smallest absolute Gasteiger partial charge is 0.150 e. The number of halogens is 2. The van der Waals surface area contributed by atoms with Gasteiger partial charge in [-0.3, -0.25) is 4.79 Å². The van der Waals surface area contributed by atoms with Crippen molar-refractivity contribution in [3.8, 4) is 11.1 Å². The third-order valence-electron chi connectivity index (χ3n) is 2.28. The lowest BCUT2D eigenvalue weighted by Gasteiger charge is -2.04. The van der Waals surface area contributed by atoms with Crippen molar-refractivity contribution in [1.29, 1.82) is 0 Å². The normalized spacial score (nSPS) is 10.1. The van der Waals surface area contributed by atoms with Crippen LogP contribution in [0, 0.1) is 5.82 Å². The van der Waals surface area contributed by atoms with Gasteiger partial charge in [0.15, 0.2) is 0 Å². The number of carbonyl (C=O) groups excluding carboxylic acids is 1. The molecule has 0 aliphatic carbocycles. The molecule has 0 aliphatic heterocycles. The molecule has 0 atom stereocenters. The first-order valence-electron chi connectivity index (χ1n) is 4.71. The van der Waals surface area contributed by atoms with E-state index in [0.717, 1.165) is 17.4 Å². The van der Waals surface area contributed by atoms with Gasteiger partial charge in [-0.2, -0.15) is 0 Å². The van der Waals surface area contributed by atoms with E-state index < -0.39 is 0 Å². The summed E-state index contributed by atoms with van der Waals surface area (Å²) in [4.78, 5) is 10.5. The highest BCUT2D eigenvalue weighted by atomic mass is 35.5. The van der Waals surface area contributed by atoms with Gasteiger partial charge in [-0.1, -0.05) is 35.9 Å². The van der Waals surface area contributed by atoms with Crippen molar-refractivity contribution in [3.63, 3.8) is 0 Å². The summed E-state index contributed by atoms with van der Waals surface area (Å²) in [5.74, 6) is -0.288. The minimum Gasteiger partial charge on any atom is -0.298 e. The molecule has 2 aromatic carbocycles. The van der Waals surface area contributed by atoms with Crippen molar-refractivity contribution in [1.82, 2.24) is 0 Å². The molecular formula is C13H8ClFO. The molecule has 0 amide bonds. The van der Waals surface area contributed by atoms with Crippen LogP contribution in [0.3, 0.4) is 0 Å². The van der Waals surface area contributed by atoms with Crippen LogP contribution < -0.4 is 0 Å². The number of hydrogen-bond acceptors (Lipinski definition) is 1. The summed E-state index contributed by atoms with van der Waals surface area (Å²) in [6, 6.07) is 11.1. The Balaban J connectivity index is 2.48. The highest BCUT2D eigenvalue weighted by Crippen LogP contribution is 2.28. The molecule has 80 valence electrons. The van der Waals surface area contributed by atoms with Crippen LogP contribution >= 0.6 is 11.6 Å². The first kappa shape index (κ1) is 10.8. The molecule has 0 saturated carbocycles. The van der Waals surface area contributed by atoms with Gasteiger partial charge in [0, 0.05) is 16.1 Å². The van der Waals surface area contributed by atoms with E-state index in [0.29, 0.717) is 10.6 Å². The molecule has 3 heteroatoms. The van der Waals surface area contributed by atoms with Gasteiger partial charge in [-0.25, -0.2) is 4.39 Å². The molecule has 0 radical (unpaired) electrons. The first-order valence-corrected chi connectivity index (χ1v) is 5.09. The Morgan fingerprint density at radius 3 is 2.31 bits per heavy atom. The average Bonchev–Trinajstić information content (AvgIpc) is 2.30. The summed E-state index contributed by atoms with van der Waals surface area (Å²) < 4.78 is 12.7. The Morgan fingerprint density at radius 2 is 1.75 bits per heavy atom. The van der Waals surface area contributed by atoms with E-state index >= 15 is 0 Å². The van der Waals surface area contributed by atoms with Crippen molar-refractivity contribution in [3.05, 3.63) is 58.9 Å². The summed E-state index contributed by atoms with van der Waals surface area (Å²) in [5.41, 5.74) is 2.13. The first-order chi connectivity index (χ1) is 7.70. The summed E-state index contributed by atoms with van der Waals surface area (Å²) in [6.45, 7) is 0. The topological polar surface area (TPSA) is 17.1 Å². The second-order valence-electron chi connectivity index (χ2n) is 3.36. The van der Waals surface area contributed by atoms with Gasteiger partial charge in [0.1, 0.15) is 12.1 Å². The van der Waals surface area contributed by atoms with Crippen molar-refractivity contribution >= 4 is 17.9 Å². The van der Waals surface area contributed by atoms with E-state index in [9.17, 15) is 9.18 Å². The van der Waals surface area contributed by atoms with Crippen LogP contribution in [0.4, 0.5) is 4.39 Å². The molecule has 0 bridgehead atoms. The van der Waals surface area contributed by atoms with Crippen molar-refractivity contribution < 1.29 is 9.18 Å². The number of hydrogen-bond donors (Lipinski definition) is 0. The van der Waals surface area contributed by atoms with E-state index in [2.05, 4.69) is 0 Å². The Hall–Kier alpha value is -1.67. The Labute approximate surface area is 97.5 Å². The Bertz CT molecular complexity index is 520. The standard InChI is InChI=1S/C13H8ClFO/c14-13-7-9(8-16)1-6-12(13)10-2-4-11(15)5-3-10/h1-8H. The highest BCUT2D eigenvalue weighted by Gasteiger charge is 2.04. The summed E-state index contributed by atoms with van der Waals surface area (Å²) in [6.07, 6.45) is 0.736. The molecule has 0 aliphatic rings. The molecule has 0 N–H and O–H groups in total. The average molecular weight is 235 g/mol. The number of rotatable bonds is 2. The highest BCUT2D eigenvalue weighted by molar-refractivity contribution is 6.33. The van der Waals surface area contributed by atoms with Crippen LogP contribution in [0.25, 0.3) is 11.1 Å². The van der Waals surface area contributed by atoms with Crippen LogP contribution in [0.15, 0.2) is 42.5 Å². The molecular weight excluding hydrogens is 227 g/mol. The fourth-order valence-electron chi connectivity index (χ4n) is 1.47. The lowest BCUT2D eigenvalue weighted by atomic mass is 10.0. The van der Waals surface area contributed by atoms with E-state index in [4.69, 9.17) is 11.6 Å². The van der Waals surface area contributed by atoms with Crippen molar-refractivity contribution in [2.45, 2.75) is 0 Å². The van der Waals surface area contributed by atoms with Crippen LogP contribution in [0.2, 0.25) is 5.02 Å². The zero-order valence-electron chi connectivity index (χ0n) is 8.28. The zero-order valence-corrected chi connectivity index (χ0v) is 9.04. The lowest BCUT2D eigenvalue weighted by Crippen LogP contribution is -1.84. The molecule has 0 spiro atoms. The third-order valence-corrected chi connectivity index (χ3v) is 2.60. The molecule has 0 unspecified atom stereocenters. The zero-order chi connectivity index (χ0) is 11.5. The van der Waals surface area contributed by atoms with Crippen molar-refractivity contribution in [2.24, 2.45) is 0 Å². The maximum Gasteiger partial charge on any atom is 0.150 e. The van der Waals surface area contributed by atoms with Gasteiger partial charge >= 0.3 is 0 Å². The Kier molecular flexibility index (Phi) is 3.02. The summed E-state index contributed by atoms with van der Waals surface area (Å²) >= 11 is 6.03. The summed E-state index contributed by atoms with van der Waals surface area (Å²) in [5, 5.41) is 0.483. The second kappa shape index (κ2) is 4.45. The van der Waals surface area contributed by atoms with E-state index in [1.165, 1.54) is 12.1 Å². The molecule has 0 aromatic heterocycles. The van der Waals surface area contributed by atoms with Crippen LogP contribution in [0.5, 0.6) is 0 Å². The van der Waals surface area contributed by atoms with Gasteiger partial charge in [0.25, 0.3) is 0 Å². The summed E-state index contributed by atoms with van der Waals surface area (Å²) in [7, 11) is 0. The fourth-order valence-corrected chi connectivity index (χ4v) is 1.77. The van der Waals surface area contributed by atoms with E-state index in [1.54, 1.807) is 30.3 Å². The third kappa shape index (κ3) is 2.12. The van der Waals surface area contributed by atoms with Gasteiger partial charge < -0.3 is 0 Å². The number of benzene rings is 2. The van der Waals surface area contributed by atoms with E-state index in [1.807, 2.05) is 0 Å². The van der Waals surface area contributed by atoms with Gasteiger partial charge in [0.05, 0.1) is 0 Å². The van der Waals surface area contributed by atoms with Crippen LogP contribution in [-0.2, 0) is 0 Å². The number of carbonyl (C=O) groups is 1. The monoisotopic (exact) mass is 234 g/mol. The molecule has 0 saturated heterocycles. The Morgan fingerprint density at radius 1 is 1.06 bits per heavy atom. The molecule has 2 rings (SSSR count). The van der Waals surface area contributed by atoms with Crippen LogP contribution in [0.1, 0.15) is 10.4 Å². The second-order valence-corrected chi connectivity index (χ2v) is 3.77. The number of aldehydes is 1. The quantitative estimate of drug-likeness (QED) is 0.719. The predicted octanol–water partition coefficient (Wildman–Crippen LogP) is 3.96. The molecule has 1 nitrogen and oxygen atoms in total. The van der Waals surface area contributed by atoms with Crippen molar-refractivity contribution in [2.75, 3.05) is 0 Å². The maximum absolute atomic E-state index is 12.7.